The average Bonchev–Trinajstić information content (AvgIpc) is 2.98. The van der Waals surface area contributed by atoms with E-state index in [4.69, 9.17) is 10.2 Å². The van der Waals surface area contributed by atoms with Crippen LogP contribution in [-0.2, 0) is 0 Å². The molecule has 4 unspecified atom stereocenters. The number of rotatable bonds is 2. The number of furan rings is 1. The number of nitrogens with zero attached hydrogens (tertiary/aromatic N) is 1. The third-order valence-corrected chi connectivity index (χ3v) is 4.76. The van der Waals surface area contributed by atoms with Crippen molar-refractivity contribution in [3.8, 4) is 0 Å². The van der Waals surface area contributed by atoms with Crippen LogP contribution in [-0.4, -0.2) is 24.0 Å². The summed E-state index contributed by atoms with van der Waals surface area (Å²) >= 11 is 0. The first kappa shape index (κ1) is 11.3. The summed E-state index contributed by atoms with van der Waals surface area (Å²) in [5, 5.41) is 0. The van der Waals surface area contributed by atoms with Crippen LogP contribution in [0.4, 0.5) is 0 Å². The van der Waals surface area contributed by atoms with Crippen LogP contribution >= 0.6 is 0 Å². The fourth-order valence-electron chi connectivity index (χ4n) is 3.59. The van der Waals surface area contributed by atoms with E-state index in [1.54, 1.807) is 6.26 Å². The van der Waals surface area contributed by atoms with E-state index in [0.717, 1.165) is 18.4 Å². The fraction of sp³-hybridized carbons (Fsp3) is 0.714. The van der Waals surface area contributed by atoms with Gasteiger partial charge in [-0.05, 0) is 37.7 Å². The van der Waals surface area contributed by atoms with E-state index in [1.165, 1.54) is 31.4 Å². The SMILES string of the molecule is CC(c1ccoc1)N1CC2CCCC(N)C2C1. The smallest absolute Gasteiger partial charge is 0.0950 e. The maximum atomic E-state index is 6.26. The molecule has 0 bridgehead atoms. The molecule has 3 nitrogen and oxygen atoms in total. The molecule has 1 aliphatic heterocycles. The van der Waals surface area contributed by atoms with Crippen molar-refractivity contribution < 1.29 is 4.42 Å². The summed E-state index contributed by atoms with van der Waals surface area (Å²) in [5.74, 6) is 1.55. The van der Waals surface area contributed by atoms with Crippen LogP contribution in [0, 0.1) is 11.8 Å². The Labute approximate surface area is 103 Å². The summed E-state index contributed by atoms with van der Waals surface area (Å²) in [4.78, 5) is 2.57. The number of nitrogens with two attached hydrogens (primary N) is 1. The topological polar surface area (TPSA) is 42.4 Å². The first-order valence-electron chi connectivity index (χ1n) is 6.77. The van der Waals surface area contributed by atoms with Crippen molar-refractivity contribution >= 4 is 0 Å². The fourth-order valence-corrected chi connectivity index (χ4v) is 3.59. The Hall–Kier alpha value is -0.800. The molecule has 0 amide bonds. The van der Waals surface area contributed by atoms with E-state index < -0.39 is 0 Å². The van der Waals surface area contributed by atoms with E-state index in [0.29, 0.717) is 12.1 Å². The average molecular weight is 234 g/mol. The van der Waals surface area contributed by atoms with Gasteiger partial charge in [0.05, 0.1) is 12.5 Å². The van der Waals surface area contributed by atoms with Crippen LogP contribution in [0.15, 0.2) is 23.0 Å². The highest BCUT2D eigenvalue weighted by atomic mass is 16.3. The van der Waals surface area contributed by atoms with E-state index in [9.17, 15) is 0 Å². The van der Waals surface area contributed by atoms with Gasteiger partial charge in [0.2, 0.25) is 0 Å². The predicted octanol–water partition coefficient (Wildman–Crippen LogP) is 2.40. The summed E-state index contributed by atoms with van der Waals surface area (Å²) in [5.41, 5.74) is 7.54. The molecule has 2 fully saturated rings. The number of hydrogen-bond acceptors (Lipinski definition) is 3. The second kappa shape index (κ2) is 4.46. The lowest BCUT2D eigenvalue weighted by Crippen LogP contribution is -2.38. The monoisotopic (exact) mass is 234 g/mol. The van der Waals surface area contributed by atoms with Crippen molar-refractivity contribution in [2.75, 3.05) is 13.1 Å². The first-order valence-corrected chi connectivity index (χ1v) is 6.77. The van der Waals surface area contributed by atoms with Gasteiger partial charge in [0.25, 0.3) is 0 Å². The summed E-state index contributed by atoms with van der Waals surface area (Å²) in [7, 11) is 0. The Kier molecular flexibility index (Phi) is 2.97. The van der Waals surface area contributed by atoms with Crippen molar-refractivity contribution in [2.45, 2.75) is 38.3 Å². The normalized spacial score (nSPS) is 35.8. The largest absolute Gasteiger partial charge is 0.472 e. The quantitative estimate of drug-likeness (QED) is 0.854. The molecule has 1 aromatic rings. The molecule has 1 aliphatic carbocycles. The summed E-state index contributed by atoms with van der Waals surface area (Å²) in [6, 6.07) is 2.97. The molecule has 2 heterocycles. The molecule has 2 N–H and O–H groups in total. The lowest BCUT2D eigenvalue weighted by Gasteiger charge is -2.30. The van der Waals surface area contributed by atoms with Crippen LogP contribution < -0.4 is 5.73 Å². The van der Waals surface area contributed by atoms with E-state index >= 15 is 0 Å². The van der Waals surface area contributed by atoms with Crippen molar-refractivity contribution in [1.82, 2.24) is 4.90 Å². The molecule has 17 heavy (non-hydrogen) atoms. The summed E-state index contributed by atoms with van der Waals surface area (Å²) in [6.45, 7) is 4.65. The lowest BCUT2D eigenvalue weighted by molar-refractivity contribution is 0.244. The van der Waals surface area contributed by atoms with E-state index in [2.05, 4.69) is 17.9 Å². The zero-order chi connectivity index (χ0) is 11.8. The van der Waals surface area contributed by atoms with Gasteiger partial charge in [-0.3, -0.25) is 4.90 Å². The first-order chi connectivity index (χ1) is 8.25. The highest BCUT2D eigenvalue weighted by Crippen LogP contribution is 2.38. The Morgan fingerprint density at radius 1 is 1.41 bits per heavy atom. The van der Waals surface area contributed by atoms with Gasteiger partial charge < -0.3 is 10.2 Å². The zero-order valence-corrected chi connectivity index (χ0v) is 10.5. The molecule has 3 rings (SSSR count). The van der Waals surface area contributed by atoms with Crippen LogP contribution in [0.25, 0.3) is 0 Å². The minimum atomic E-state index is 0.426. The molecule has 3 heteroatoms. The third kappa shape index (κ3) is 2.02. The van der Waals surface area contributed by atoms with Gasteiger partial charge in [-0.2, -0.15) is 0 Å². The highest BCUT2D eigenvalue weighted by Gasteiger charge is 2.40. The van der Waals surface area contributed by atoms with Gasteiger partial charge in [-0.25, -0.2) is 0 Å². The lowest BCUT2D eigenvalue weighted by atomic mass is 9.78. The van der Waals surface area contributed by atoms with Crippen LogP contribution in [0.1, 0.15) is 37.8 Å². The Morgan fingerprint density at radius 2 is 2.29 bits per heavy atom. The van der Waals surface area contributed by atoms with Gasteiger partial charge >= 0.3 is 0 Å². The zero-order valence-electron chi connectivity index (χ0n) is 10.5. The van der Waals surface area contributed by atoms with Crippen LogP contribution in [0.5, 0.6) is 0 Å². The van der Waals surface area contributed by atoms with E-state index in [-0.39, 0.29) is 0 Å². The van der Waals surface area contributed by atoms with Gasteiger partial charge in [0, 0.05) is 30.7 Å². The molecule has 4 atom stereocenters. The molecule has 94 valence electrons. The standard InChI is InChI=1S/C14H22N2O/c1-10(12-5-6-17-9-12)16-7-11-3-2-4-14(15)13(11)8-16/h5-6,9-11,13-14H,2-4,7-8,15H2,1H3. The Morgan fingerprint density at radius 3 is 3.00 bits per heavy atom. The number of fused-ring (bicyclic) bond motifs is 1. The molecule has 0 radical (unpaired) electrons. The van der Waals surface area contributed by atoms with Crippen molar-refractivity contribution in [3.63, 3.8) is 0 Å². The summed E-state index contributed by atoms with van der Waals surface area (Å²) < 4.78 is 5.18. The molecular formula is C14H22N2O. The maximum Gasteiger partial charge on any atom is 0.0950 e. The minimum absolute atomic E-state index is 0.426. The maximum absolute atomic E-state index is 6.26. The molecule has 1 saturated carbocycles. The van der Waals surface area contributed by atoms with E-state index in [1.807, 2.05) is 6.26 Å². The Balaban J connectivity index is 1.70. The van der Waals surface area contributed by atoms with Gasteiger partial charge in [-0.1, -0.05) is 6.42 Å². The van der Waals surface area contributed by atoms with Crippen molar-refractivity contribution in [1.29, 1.82) is 0 Å². The summed E-state index contributed by atoms with van der Waals surface area (Å²) in [6.07, 6.45) is 7.53. The number of hydrogen-bond donors (Lipinski definition) is 1. The molecule has 1 aromatic heterocycles. The second-order valence-electron chi connectivity index (χ2n) is 5.71. The molecular weight excluding hydrogens is 212 g/mol. The number of likely N-dealkylation sites (tertiary alicyclic amines) is 1. The third-order valence-electron chi connectivity index (χ3n) is 4.76. The minimum Gasteiger partial charge on any atom is -0.472 e. The second-order valence-corrected chi connectivity index (χ2v) is 5.71. The molecule has 2 aliphatic rings. The Bertz CT molecular complexity index is 362. The van der Waals surface area contributed by atoms with Crippen LogP contribution in [0.2, 0.25) is 0 Å². The van der Waals surface area contributed by atoms with Crippen molar-refractivity contribution in [2.24, 2.45) is 17.6 Å². The molecule has 1 saturated heterocycles. The predicted molar refractivity (Wildman–Crippen MR) is 67.5 cm³/mol. The van der Waals surface area contributed by atoms with Gasteiger partial charge in [0.1, 0.15) is 0 Å². The van der Waals surface area contributed by atoms with Gasteiger partial charge in [-0.15, -0.1) is 0 Å². The van der Waals surface area contributed by atoms with Gasteiger partial charge in [0.15, 0.2) is 0 Å². The molecule has 0 spiro atoms. The van der Waals surface area contributed by atoms with Crippen molar-refractivity contribution in [3.05, 3.63) is 24.2 Å². The molecule has 0 aromatic carbocycles. The van der Waals surface area contributed by atoms with Crippen LogP contribution in [0.3, 0.4) is 0 Å². The highest BCUT2D eigenvalue weighted by molar-refractivity contribution is 5.12.